The first kappa shape index (κ1) is 12.5. The molecule has 0 bridgehead atoms. The first-order valence-electron chi connectivity index (χ1n) is 5.86. The van der Waals surface area contributed by atoms with E-state index in [1.165, 1.54) is 0 Å². The minimum atomic E-state index is -0.931. The van der Waals surface area contributed by atoms with Crippen LogP contribution in [0.15, 0.2) is 18.3 Å². The molecule has 0 aliphatic carbocycles. The maximum Gasteiger partial charge on any atom is 0.338 e. The lowest BCUT2D eigenvalue weighted by Gasteiger charge is -2.12. The summed E-state index contributed by atoms with van der Waals surface area (Å²) in [5.41, 5.74) is 2.34. The standard InChI is InChI=1S/C14H17NO3/c1-8(2)9-5-6-11(18-4)12-10(14(16)17)7-15(3)13(9)12/h5-8H,1-4H3,(H,16,17). The molecule has 0 unspecified atom stereocenters. The average Bonchev–Trinajstić information content (AvgIpc) is 2.66. The number of carboxylic acid groups (broad SMARTS) is 1. The van der Waals surface area contributed by atoms with Gasteiger partial charge in [-0.15, -0.1) is 0 Å². The zero-order chi connectivity index (χ0) is 13.4. The van der Waals surface area contributed by atoms with Crippen molar-refractivity contribution >= 4 is 16.9 Å². The van der Waals surface area contributed by atoms with E-state index < -0.39 is 5.97 Å². The molecule has 1 aromatic heterocycles. The molecule has 0 fully saturated rings. The maximum absolute atomic E-state index is 11.3. The molecule has 2 rings (SSSR count). The number of rotatable bonds is 3. The third-order valence-electron chi connectivity index (χ3n) is 3.19. The number of fused-ring (bicyclic) bond motifs is 1. The van der Waals surface area contributed by atoms with Gasteiger partial charge in [0.25, 0.3) is 0 Å². The first-order valence-corrected chi connectivity index (χ1v) is 5.86. The van der Waals surface area contributed by atoms with Crippen molar-refractivity contribution in [2.45, 2.75) is 19.8 Å². The van der Waals surface area contributed by atoms with E-state index in [-0.39, 0.29) is 5.56 Å². The van der Waals surface area contributed by atoms with Gasteiger partial charge in [0.1, 0.15) is 5.75 Å². The molecule has 18 heavy (non-hydrogen) atoms. The van der Waals surface area contributed by atoms with Crippen LogP contribution in [0.25, 0.3) is 10.9 Å². The highest BCUT2D eigenvalue weighted by molar-refractivity contribution is 6.07. The van der Waals surface area contributed by atoms with Crippen molar-refractivity contribution in [2.24, 2.45) is 7.05 Å². The van der Waals surface area contributed by atoms with Gasteiger partial charge in [-0.3, -0.25) is 0 Å². The van der Waals surface area contributed by atoms with Crippen molar-refractivity contribution in [2.75, 3.05) is 7.11 Å². The molecule has 0 saturated heterocycles. The van der Waals surface area contributed by atoms with Gasteiger partial charge >= 0.3 is 5.97 Å². The molecule has 1 N–H and O–H groups in total. The Morgan fingerprint density at radius 1 is 1.39 bits per heavy atom. The van der Waals surface area contributed by atoms with Crippen molar-refractivity contribution in [1.82, 2.24) is 4.57 Å². The van der Waals surface area contributed by atoms with Crippen LogP contribution in [0, 0.1) is 0 Å². The van der Waals surface area contributed by atoms with Crippen molar-refractivity contribution in [3.63, 3.8) is 0 Å². The molecule has 0 amide bonds. The van der Waals surface area contributed by atoms with E-state index in [9.17, 15) is 9.90 Å². The van der Waals surface area contributed by atoms with E-state index >= 15 is 0 Å². The second-order valence-electron chi connectivity index (χ2n) is 4.69. The van der Waals surface area contributed by atoms with Gasteiger partial charge in [-0.25, -0.2) is 4.79 Å². The molecule has 0 saturated carbocycles. The number of hydrogen-bond donors (Lipinski definition) is 1. The van der Waals surface area contributed by atoms with Crippen LogP contribution in [0.3, 0.4) is 0 Å². The molecule has 0 aliphatic heterocycles. The van der Waals surface area contributed by atoms with Gasteiger partial charge in [-0.05, 0) is 17.5 Å². The van der Waals surface area contributed by atoms with Crippen LogP contribution in [-0.2, 0) is 7.05 Å². The number of aryl methyl sites for hydroxylation is 1. The summed E-state index contributed by atoms with van der Waals surface area (Å²) in [6, 6.07) is 3.83. The Labute approximate surface area is 106 Å². The van der Waals surface area contributed by atoms with E-state index in [0.29, 0.717) is 17.1 Å². The second kappa shape index (κ2) is 4.37. The molecule has 1 aromatic carbocycles. The number of benzene rings is 1. The van der Waals surface area contributed by atoms with Crippen molar-refractivity contribution in [3.8, 4) is 5.75 Å². The normalized spacial score (nSPS) is 11.2. The highest BCUT2D eigenvalue weighted by Gasteiger charge is 2.20. The number of ether oxygens (including phenoxy) is 1. The van der Waals surface area contributed by atoms with E-state index in [0.717, 1.165) is 11.1 Å². The van der Waals surface area contributed by atoms with Gasteiger partial charge in [0.15, 0.2) is 0 Å². The molecule has 2 aromatic rings. The number of carboxylic acids is 1. The van der Waals surface area contributed by atoms with Gasteiger partial charge in [0.05, 0.1) is 23.6 Å². The summed E-state index contributed by atoms with van der Waals surface area (Å²) in [6.45, 7) is 4.18. The molecular formula is C14H17NO3. The minimum absolute atomic E-state index is 0.284. The molecule has 4 heteroatoms. The monoisotopic (exact) mass is 247 g/mol. The molecule has 4 nitrogen and oxygen atoms in total. The molecule has 0 radical (unpaired) electrons. The maximum atomic E-state index is 11.3. The number of aromatic carboxylic acids is 1. The largest absolute Gasteiger partial charge is 0.496 e. The Balaban J connectivity index is 2.93. The second-order valence-corrected chi connectivity index (χ2v) is 4.69. The topological polar surface area (TPSA) is 51.5 Å². The van der Waals surface area contributed by atoms with Crippen molar-refractivity contribution < 1.29 is 14.6 Å². The molecule has 0 atom stereocenters. The van der Waals surface area contributed by atoms with E-state index in [1.807, 2.05) is 23.7 Å². The summed E-state index contributed by atoms with van der Waals surface area (Å²) in [5.74, 6) is 0.000794. The zero-order valence-electron chi connectivity index (χ0n) is 11.0. The molecule has 0 aliphatic rings. The number of hydrogen-bond acceptors (Lipinski definition) is 2. The van der Waals surface area contributed by atoms with E-state index in [4.69, 9.17) is 4.74 Å². The summed E-state index contributed by atoms with van der Waals surface area (Å²) in [7, 11) is 3.42. The van der Waals surface area contributed by atoms with Crippen molar-refractivity contribution in [3.05, 3.63) is 29.5 Å². The summed E-state index contributed by atoms with van der Waals surface area (Å²) in [5, 5.41) is 9.96. The lowest BCUT2D eigenvalue weighted by atomic mass is 9.99. The Morgan fingerprint density at radius 2 is 2.06 bits per heavy atom. The van der Waals surface area contributed by atoms with Gasteiger partial charge in [-0.2, -0.15) is 0 Å². The number of aromatic nitrogens is 1. The van der Waals surface area contributed by atoms with Crippen LogP contribution in [0.2, 0.25) is 0 Å². The predicted molar refractivity (Wildman–Crippen MR) is 70.5 cm³/mol. The summed E-state index contributed by atoms with van der Waals surface area (Å²) >= 11 is 0. The predicted octanol–water partition coefficient (Wildman–Crippen LogP) is 3.01. The first-order chi connectivity index (χ1) is 8.47. The molecule has 96 valence electrons. The number of methoxy groups -OCH3 is 1. The fourth-order valence-electron chi connectivity index (χ4n) is 2.35. The zero-order valence-corrected chi connectivity index (χ0v) is 11.0. The lowest BCUT2D eigenvalue weighted by molar-refractivity contribution is 0.0698. The van der Waals surface area contributed by atoms with Gasteiger partial charge in [0.2, 0.25) is 0 Å². The Bertz CT molecular complexity index is 611. The fourth-order valence-corrected chi connectivity index (χ4v) is 2.35. The van der Waals surface area contributed by atoms with Crippen molar-refractivity contribution in [1.29, 1.82) is 0 Å². The van der Waals surface area contributed by atoms with Crippen LogP contribution in [0.1, 0.15) is 35.7 Å². The van der Waals surface area contributed by atoms with Crippen LogP contribution in [0.5, 0.6) is 5.75 Å². The summed E-state index contributed by atoms with van der Waals surface area (Å²) in [6.07, 6.45) is 1.64. The lowest BCUT2D eigenvalue weighted by Crippen LogP contribution is -1.97. The third kappa shape index (κ3) is 1.74. The van der Waals surface area contributed by atoms with Crippen LogP contribution in [0.4, 0.5) is 0 Å². The Kier molecular flexibility index (Phi) is 3.03. The average molecular weight is 247 g/mol. The minimum Gasteiger partial charge on any atom is -0.496 e. The summed E-state index contributed by atoms with van der Waals surface area (Å²) in [4.78, 5) is 11.3. The molecular weight excluding hydrogens is 230 g/mol. The fraction of sp³-hybridized carbons (Fsp3) is 0.357. The highest BCUT2D eigenvalue weighted by Crippen LogP contribution is 2.35. The number of nitrogens with zero attached hydrogens (tertiary/aromatic N) is 1. The Morgan fingerprint density at radius 3 is 2.56 bits per heavy atom. The van der Waals surface area contributed by atoms with Crippen LogP contribution in [-0.4, -0.2) is 22.8 Å². The smallest absolute Gasteiger partial charge is 0.338 e. The SMILES string of the molecule is COc1ccc(C(C)C)c2c1c(C(=O)O)cn2C. The highest BCUT2D eigenvalue weighted by atomic mass is 16.5. The van der Waals surface area contributed by atoms with Gasteiger partial charge in [-0.1, -0.05) is 19.9 Å². The molecule has 1 heterocycles. The van der Waals surface area contributed by atoms with Crippen LogP contribution < -0.4 is 4.74 Å². The van der Waals surface area contributed by atoms with E-state index in [1.54, 1.807) is 13.3 Å². The quantitative estimate of drug-likeness (QED) is 0.907. The molecule has 0 spiro atoms. The summed E-state index contributed by atoms with van der Waals surface area (Å²) < 4.78 is 7.15. The van der Waals surface area contributed by atoms with Gasteiger partial charge in [0, 0.05) is 13.2 Å². The van der Waals surface area contributed by atoms with Crippen LogP contribution >= 0.6 is 0 Å². The third-order valence-corrected chi connectivity index (χ3v) is 3.19. The van der Waals surface area contributed by atoms with Gasteiger partial charge < -0.3 is 14.4 Å². The Hall–Kier alpha value is -1.97. The van der Waals surface area contributed by atoms with E-state index in [2.05, 4.69) is 13.8 Å². The number of carbonyl (C=O) groups is 1.